The first kappa shape index (κ1) is 14.4. The Bertz CT molecular complexity index is 389. The molecule has 1 aliphatic heterocycles. The summed E-state index contributed by atoms with van der Waals surface area (Å²) >= 11 is 0. The molecule has 2 heterocycles. The summed E-state index contributed by atoms with van der Waals surface area (Å²) in [6.45, 7) is 6.97. The lowest BCUT2D eigenvalue weighted by Gasteiger charge is -2.16. The van der Waals surface area contributed by atoms with Gasteiger partial charge in [-0.1, -0.05) is 13.8 Å². The van der Waals surface area contributed by atoms with E-state index in [-0.39, 0.29) is 0 Å². The fraction of sp³-hybridized carbons (Fsp3) is 0.733. The van der Waals surface area contributed by atoms with Gasteiger partial charge in [-0.25, -0.2) is 9.97 Å². The second-order valence-corrected chi connectivity index (χ2v) is 5.07. The molecule has 0 saturated carbocycles. The monoisotopic (exact) mass is 263 g/mol. The Hall–Kier alpha value is -1.00. The second-order valence-electron chi connectivity index (χ2n) is 5.07. The summed E-state index contributed by atoms with van der Waals surface area (Å²) in [5, 5.41) is 3.21. The average Bonchev–Trinajstić information content (AvgIpc) is 2.98. The SMILES string of the molecule is CCc1nc(C2CCOC2)nc(CC)c1CCNC. The highest BCUT2D eigenvalue weighted by Gasteiger charge is 2.22. The zero-order chi connectivity index (χ0) is 13.7. The van der Waals surface area contributed by atoms with Crippen LogP contribution in [0.3, 0.4) is 0 Å². The van der Waals surface area contributed by atoms with Crippen LogP contribution in [0.25, 0.3) is 0 Å². The van der Waals surface area contributed by atoms with Crippen LogP contribution in [0.2, 0.25) is 0 Å². The molecule has 1 fully saturated rings. The number of nitrogens with one attached hydrogen (secondary N) is 1. The van der Waals surface area contributed by atoms with E-state index in [9.17, 15) is 0 Å². The molecule has 106 valence electrons. The van der Waals surface area contributed by atoms with E-state index in [4.69, 9.17) is 14.7 Å². The van der Waals surface area contributed by atoms with Crippen molar-refractivity contribution in [2.75, 3.05) is 26.8 Å². The molecule has 4 heteroatoms. The van der Waals surface area contributed by atoms with E-state index < -0.39 is 0 Å². The van der Waals surface area contributed by atoms with Crippen molar-refractivity contribution in [2.45, 2.75) is 45.4 Å². The number of ether oxygens (including phenoxy) is 1. The summed E-state index contributed by atoms with van der Waals surface area (Å²) in [5.41, 5.74) is 3.80. The largest absolute Gasteiger partial charge is 0.381 e. The molecule has 1 aliphatic rings. The summed E-state index contributed by atoms with van der Waals surface area (Å²) in [4.78, 5) is 9.63. The number of likely N-dealkylation sites (N-methyl/N-ethyl adjacent to an activating group) is 1. The summed E-state index contributed by atoms with van der Waals surface area (Å²) < 4.78 is 5.46. The summed E-state index contributed by atoms with van der Waals surface area (Å²) in [7, 11) is 1.99. The molecule has 0 aliphatic carbocycles. The number of nitrogens with zero attached hydrogens (tertiary/aromatic N) is 2. The minimum atomic E-state index is 0.397. The topological polar surface area (TPSA) is 47.0 Å². The highest BCUT2D eigenvalue weighted by atomic mass is 16.5. The highest BCUT2D eigenvalue weighted by molar-refractivity contribution is 5.28. The van der Waals surface area contributed by atoms with Gasteiger partial charge >= 0.3 is 0 Å². The third-order valence-electron chi connectivity index (χ3n) is 3.79. The molecule has 1 atom stereocenters. The number of aromatic nitrogens is 2. The normalized spacial score (nSPS) is 19.0. The fourth-order valence-corrected chi connectivity index (χ4v) is 2.65. The van der Waals surface area contributed by atoms with E-state index in [1.54, 1.807) is 0 Å². The number of hydrogen-bond acceptors (Lipinski definition) is 4. The quantitative estimate of drug-likeness (QED) is 0.851. The van der Waals surface area contributed by atoms with Crippen LogP contribution in [0.1, 0.15) is 49.0 Å². The molecular formula is C15H25N3O. The number of hydrogen-bond donors (Lipinski definition) is 1. The van der Waals surface area contributed by atoms with Crippen LogP contribution in [0.5, 0.6) is 0 Å². The van der Waals surface area contributed by atoms with Crippen molar-refractivity contribution in [2.24, 2.45) is 0 Å². The lowest BCUT2D eigenvalue weighted by Crippen LogP contribution is -2.17. The highest BCUT2D eigenvalue weighted by Crippen LogP contribution is 2.24. The first-order valence-corrected chi connectivity index (χ1v) is 7.41. The van der Waals surface area contributed by atoms with Crippen molar-refractivity contribution < 1.29 is 4.74 Å². The zero-order valence-corrected chi connectivity index (χ0v) is 12.3. The van der Waals surface area contributed by atoms with E-state index in [1.165, 1.54) is 17.0 Å². The van der Waals surface area contributed by atoms with Crippen LogP contribution in [-0.2, 0) is 24.0 Å². The van der Waals surface area contributed by atoms with Gasteiger partial charge in [0.1, 0.15) is 5.82 Å². The van der Waals surface area contributed by atoms with Gasteiger partial charge in [-0.05, 0) is 44.8 Å². The maximum atomic E-state index is 5.46. The Morgan fingerprint density at radius 1 is 1.21 bits per heavy atom. The average molecular weight is 263 g/mol. The van der Waals surface area contributed by atoms with E-state index >= 15 is 0 Å². The minimum absolute atomic E-state index is 0.397. The molecule has 1 N–H and O–H groups in total. The molecule has 0 radical (unpaired) electrons. The Kier molecular flexibility index (Phi) is 5.28. The Labute approximate surface area is 116 Å². The Morgan fingerprint density at radius 3 is 2.37 bits per heavy atom. The van der Waals surface area contributed by atoms with Crippen LogP contribution < -0.4 is 5.32 Å². The van der Waals surface area contributed by atoms with Gasteiger partial charge in [-0.2, -0.15) is 0 Å². The van der Waals surface area contributed by atoms with Gasteiger partial charge in [0.05, 0.1) is 6.61 Å². The smallest absolute Gasteiger partial charge is 0.134 e. The van der Waals surface area contributed by atoms with Crippen molar-refractivity contribution in [3.63, 3.8) is 0 Å². The van der Waals surface area contributed by atoms with Gasteiger partial charge in [-0.3, -0.25) is 0 Å². The van der Waals surface area contributed by atoms with Crippen LogP contribution in [0, 0.1) is 0 Å². The van der Waals surface area contributed by atoms with Gasteiger partial charge in [-0.15, -0.1) is 0 Å². The summed E-state index contributed by atoms with van der Waals surface area (Å²) in [6, 6.07) is 0. The lowest BCUT2D eigenvalue weighted by atomic mass is 10.0. The molecule has 0 aromatic carbocycles. The molecule has 1 aromatic rings. The van der Waals surface area contributed by atoms with E-state index in [2.05, 4.69) is 19.2 Å². The predicted molar refractivity (Wildman–Crippen MR) is 76.6 cm³/mol. The van der Waals surface area contributed by atoms with Gasteiger partial charge in [0, 0.05) is 23.9 Å². The van der Waals surface area contributed by atoms with Gasteiger partial charge in [0.2, 0.25) is 0 Å². The third kappa shape index (κ3) is 3.31. The van der Waals surface area contributed by atoms with Crippen molar-refractivity contribution >= 4 is 0 Å². The first-order valence-electron chi connectivity index (χ1n) is 7.41. The second kappa shape index (κ2) is 6.96. The van der Waals surface area contributed by atoms with Crippen LogP contribution >= 0.6 is 0 Å². The standard InChI is InChI=1S/C15H25N3O/c1-4-13-12(6-8-16-3)14(5-2)18-15(17-13)11-7-9-19-10-11/h11,16H,4-10H2,1-3H3. The molecule has 4 nitrogen and oxygen atoms in total. The third-order valence-corrected chi connectivity index (χ3v) is 3.79. The van der Waals surface area contributed by atoms with Crippen LogP contribution in [0.4, 0.5) is 0 Å². The van der Waals surface area contributed by atoms with E-state index in [1.807, 2.05) is 7.05 Å². The molecular weight excluding hydrogens is 238 g/mol. The van der Waals surface area contributed by atoms with Gasteiger partial charge in [0.25, 0.3) is 0 Å². The Morgan fingerprint density at radius 2 is 1.89 bits per heavy atom. The molecule has 1 unspecified atom stereocenters. The summed E-state index contributed by atoms with van der Waals surface area (Å²) in [6.07, 6.45) is 4.04. The molecule has 2 rings (SSSR count). The van der Waals surface area contributed by atoms with Crippen molar-refractivity contribution in [1.82, 2.24) is 15.3 Å². The van der Waals surface area contributed by atoms with Crippen LogP contribution in [-0.4, -0.2) is 36.8 Å². The molecule has 0 amide bonds. The molecule has 0 spiro atoms. The first-order chi connectivity index (χ1) is 9.30. The van der Waals surface area contributed by atoms with Crippen molar-refractivity contribution in [1.29, 1.82) is 0 Å². The van der Waals surface area contributed by atoms with E-state index in [0.29, 0.717) is 5.92 Å². The molecule has 0 bridgehead atoms. The van der Waals surface area contributed by atoms with Crippen LogP contribution in [0.15, 0.2) is 0 Å². The molecule has 1 saturated heterocycles. The maximum Gasteiger partial charge on any atom is 0.134 e. The van der Waals surface area contributed by atoms with Crippen molar-refractivity contribution in [3.05, 3.63) is 22.8 Å². The Balaban J connectivity index is 2.32. The molecule has 1 aromatic heterocycles. The maximum absolute atomic E-state index is 5.46. The zero-order valence-electron chi connectivity index (χ0n) is 12.3. The minimum Gasteiger partial charge on any atom is -0.381 e. The number of aryl methyl sites for hydroxylation is 2. The van der Waals surface area contributed by atoms with Crippen molar-refractivity contribution in [3.8, 4) is 0 Å². The lowest BCUT2D eigenvalue weighted by molar-refractivity contribution is 0.193. The molecule has 19 heavy (non-hydrogen) atoms. The predicted octanol–water partition coefficient (Wildman–Crippen LogP) is 1.87. The van der Waals surface area contributed by atoms with E-state index in [0.717, 1.165) is 51.3 Å². The fourth-order valence-electron chi connectivity index (χ4n) is 2.65. The van der Waals surface area contributed by atoms with Gasteiger partial charge in [0.15, 0.2) is 0 Å². The number of rotatable bonds is 6. The van der Waals surface area contributed by atoms with Gasteiger partial charge < -0.3 is 10.1 Å². The summed E-state index contributed by atoms with van der Waals surface area (Å²) in [5.74, 6) is 1.40.